The van der Waals surface area contributed by atoms with E-state index in [1.165, 1.54) is 4.90 Å². The second-order valence-corrected chi connectivity index (χ2v) is 4.71. The summed E-state index contributed by atoms with van der Waals surface area (Å²) >= 11 is 0. The van der Waals surface area contributed by atoms with Gasteiger partial charge in [0.05, 0.1) is 26.2 Å². The zero-order chi connectivity index (χ0) is 17.3. The molecule has 0 radical (unpaired) electrons. The number of carbonyl (C=O) groups is 4. The maximum atomic E-state index is 10.8. The molecule has 4 N–H and O–H groups in total. The van der Waals surface area contributed by atoms with E-state index in [0.717, 1.165) is 4.90 Å². The monoisotopic (exact) mass is 320 g/mol. The standard InChI is InChI=1S/C12H20N2O8/c1-2-8(14(6-11(19)20)7-12(21)22)3-13(4-9(15)16)5-10(17)18/h8H,2-7H2,1H3,(H,15,16)(H,17,18)(H,19,20)(H,21,22). The SMILES string of the molecule is CCC(CN(CC(=O)O)CC(=O)O)N(CC(=O)O)CC(=O)O. The van der Waals surface area contributed by atoms with Crippen molar-refractivity contribution in [2.75, 3.05) is 32.7 Å². The third kappa shape index (κ3) is 8.87. The number of carboxylic acids is 4. The van der Waals surface area contributed by atoms with Crippen LogP contribution in [0.3, 0.4) is 0 Å². The van der Waals surface area contributed by atoms with Gasteiger partial charge in [-0.05, 0) is 6.42 Å². The summed E-state index contributed by atoms with van der Waals surface area (Å²) < 4.78 is 0. The van der Waals surface area contributed by atoms with E-state index in [2.05, 4.69) is 0 Å². The first-order chi connectivity index (χ1) is 10.1. The van der Waals surface area contributed by atoms with Gasteiger partial charge in [-0.2, -0.15) is 0 Å². The van der Waals surface area contributed by atoms with Crippen LogP contribution in [0.2, 0.25) is 0 Å². The molecular formula is C12H20N2O8. The van der Waals surface area contributed by atoms with E-state index in [1.54, 1.807) is 6.92 Å². The minimum atomic E-state index is -1.22. The van der Waals surface area contributed by atoms with Crippen molar-refractivity contribution in [3.63, 3.8) is 0 Å². The summed E-state index contributed by atoms with van der Waals surface area (Å²) in [5, 5.41) is 35.2. The van der Waals surface area contributed by atoms with Crippen molar-refractivity contribution >= 4 is 23.9 Å². The fraction of sp³-hybridized carbons (Fsp3) is 0.667. The molecule has 0 fully saturated rings. The summed E-state index contributed by atoms with van der Waals surface area (Å²) in [6.45, 7) is -0.498. The average molecular weight is 320 g/mol. The number of hydrogen-bond donors (Lipinski definition) is 4. The van der Waals surface area contributed by atoms with Crippen molar-refractivity contribution in [3.8, 4) is 0 Å². The second kappa shape index (κ2) is 9.68. The van der Waals surface area contributed by atoms with Gasteiger partial charge >= 0.3 is 23.9 Å². The van der Waals surface area contributed by atoms with Crippen molar-refractivity contribution in [1.29, 1.82) is 0 Å². The van der Waals surface area contributed by atoms with Gasteiger partial charge in [-0.15, -0.1) is 0 Å². The van der Waals surface area contributed by atoms with Crippen LogP contribution in [0.4, 0.5) is 0 Å². The quantitative estimate of drug-likeness (QED) is 0.341. The maximum Gasteiger partial charge on any atom is 0.317 e. The molecule has 0 aliphatic carbocycles. The highest BCUT2D eigenvalue weighted by Gasteiger charge is 2.25. The largest absolute Gasteiger partial charge is 0.480 e. The van der Waals surface area contributed by atoms with Crippen molar-refractivity contribution < 1.29 is 39.6 Å². The van der Waals surface area contributed by atoms with E-state index >= 15 is 0 Å². The number of aliphatic carboxylic acids is 4. The van der Waals surface area contributed by atoms with Crippen LogP contribution in [0.25, 0.3) is 0 Å². The molecular weight excluding hydrogens is 300 g/mol. The molecule has 10 nitrogen and oxygen atoms in total. The minimum Gasteiger partial charge on any atom is -0.480 e. The molecule has 10 heteroatoms. The third-order valence-electron chi connectivity index (χ3n) is 2.85. The van der Waals surface area contributed by atoms with Gasteiger partial charge in [-0.1, -0.05) is 6.92 Å². The lowest BCUT2D eigenvalue weighted by atomic mass is 10.1. The summed E-state index contributed by atoms with van der Waals surface area (Å²) in [6, 6.07) is -0.592. The molecule has 0 aromatic rings. The summed E-state index contributed by atoms with van der Waals surface area (Å²) in [7, 11) is 0. The smallest absolute Gasteiger partial charge is 0.317 e. The van der Waals surface area contributed by atoms with Crippen molar-refractivity contribution in [1.82, 2.24) is 9.80 Å². The van der Waals surface area contributed by atoms with E-state index in [9.17, 15) is 19.2 Å². The Bertz CT molecular complexity index is 393. The Morgan fingerprint density at radius 3 is 1.41 bits per heavy atom. The van der Waals surface area contributed by atoms with Gasteiger partial charge in [0.1, 0.15) is 0 Å². The van der Waals surface area contributed by atoms with E-state index in [4.69, 9.17) is 20.4 Å². The Kier molecular flexibility index (Phi) is 8.72. The number of hydrogen-bond acceptors (Lipinski definition) is 6. The maximum absolute atomic E-state index is 10.8. The topological polar surface area (TPSA) is 156 Å². The van der Waals surface area contributed by atoms with Crippen LogP contribution in [-0.4, -0.2) is 92.9 Å². The Hall–Kier alpha value is -2.20. The molecule has 0 aliphatic heterocycles. The molecule has 0 amide bonds. The molecule has 0 rings (SSSR count). The fourth-order valence-electron chi connectivity index (χ4n) is 2.03. The summed E-state index contributed by atoms with van der Waals surface area (Å²) in [6.07, 6.45) is 0.344. The fourth-order valence-corrected chi connectivity index (χ4v) is 2.03. The first kappa shape index (κ1) is 19.8. The third-order valence-corrected chi connectivity index (χ3v) is 2.85. The molecule has 0 saturated heterocycles. The average Bonchev–Trinajstić information content (AvgIpc) is 2.32. The number of carboxylic acid groups (broad SMARTS) is 4. The van der Waals surface area contributed by atoms with Crippen LogP contribution >= 0.6 is 0 Å². The van der Waals surface area contributed by atoms with E-state index in [1.807, 2.05) is 0 Å². The zero-order valence-corrected chi connectivity index (χ0v) is 12.1. The summed E-state index contributed by atoms with van der Waals surface area (Å²) in [4.78, 5) is 45.4. The van der Waals surface area contributed by atoms with Gasteiger partial charge in [0.25, 0.3) is 0 Å². The summed E-state index contributed by atoms with van der Waals surface area (Å²) in [5.41, 5.74) is 0. The van der Waals surface area contributed by atoms with E-state index in [-0.39, 0.29) is 6.54 Å². The highest BCUT2D eigenvalue weighted by molar-refractivity contribution is 5.73. The van der Waals surface area contributed by atoms with Crippen LogP contribution in [0.1, 0.15) is 13.3 Å². The summed E-state index contributed by atoms with van der Waals surface area (Å²) in [5.74, 6) is -4.89. The van der Waals surface area contributed by atoms with Gasteiger partial charge in [0.2, 0.25) is 0 Å². The van der Waals surface area contributed by atoms with E-state index in [0.29, 0.717) is 6.42 Å². The zero-order valence-electron chi connectivity index (χ0n) is 12.1. The van der Waals surface area contributed by atoms with Crippen LogP contribution in [-0.2, 0) is 19.2 Å². The van der Waals surface area contributed by atoms with Crippen molar-refractivity contribution in [2.24, 2.45) is 0 Å². The van der Waals surface area contributed by atoms with Crippen molar-refractivity contribution in [3.05, 3.63) is 0 Å². The van der Waals surface area contributed by atoms with Gasteiger partial charge in [0.15, 0.2) is 0 Å². The second-order valence-electron chi connectivity index (χ2n) is 4.71. The Morgan fingerprint density at radius 2 is 1.14 bits per heavy atom. The van der Waals surface area contributed by atoms with Crippen LogP contribution < -0.4 is 0 Å². The molecule has 0 spiro atoms. The molecule has 0 saturated carbocycles. The molecule has 0 heterocycles. The Balaban J connectivity index is 5.03. The molecule has 0 bridgehead atoms. The molecule has 0 aliphatic rings. The molecule has 0 aromatic carbocycles. The van der Waals surface area contributed by atoms with Gasteiger partial charge in [0, 0.05) is 12.6 Å². The lowest BCUT2D eigenvalue weighted by molar-refractivity contribution is -0.146. The Labute approximate surface area is 126 Å². The highest BCUT2D eigenvalue weighted by Crippen LogP contribution is 2.07. The molecule has 1 unspecified atom stereocenters. The normalized spacial score (nSPS) is 12.3. The van der Waals surface area contributed by atoms with Crippen LogP contribution in [0.5, 0.6) is 0 Å². The molecule has 126 valence electrons. The van der Waals surface area contributed by atoms with Gasteiger partial charge in [-0.3, -0.25) is 29.0 Å². The van der Waals surface area contributed by atoms with Crippen LogP contribution in [0, 0.1) is 0 Å². The first-order valence-electron chi connectivity index (χ1n) is 6.49. The van der Waals surface area contributed by atoms with Gasteiger partial charge in [-0.25, -0.2) is 0 Å². The number of nitrogens with zero attached hydrogens (tertiary/aromatic N) is 2. The number of rotatable bonds is 12. The Morgan fingerprint density at radius 1 is 0.773 bits per heavy atom. The molecule has 0 aromatic heterocycles. The predicted molar refractivity (Wildman–Crippen MR) is 72.6 cm³/mol. The predicted octanol–water partition coefficient (Wildman–Crippen LogP) is -1.29. The van der Waals surface area contributed by atoms with Crippen LogP contribution in [0.15, 0.2) is 0 Å². The lowest BCUT2D eigenvalue weighted by Crippen LogP contribution is -2.49. The van der Waals surface area contributed by atoms with E-state index < -0.39 is 56.1 Å². The minimum absolute atomic E-state index is 0.0599. The lowest BCUT2D eigenvalue weighted by Gasteiger charge is -2.32. The molecule has 22 heavy (non-hydrogen) atoms. The van der Waals surface area contributed by atoms with Gasteiger partial charge < -0.3 is 20.4 Å². The van der Waals surface area contributed by atoms with Crippen molar-refractivity contribution in [2.45, 2.75) is 19.4 Å². The highest BCUT2D eigenvalue weighted by atomic mass is 16.4. The molecule has 1 atom stereocenters. The first-order valence-corrected chi connectivity index (χ1v) is 6.49.